The topological polar surface area (TPSA) is 35.5 Å². The summed E-state index contributed by atoms with van der Waals surface area (Å²) in [6.45, 7) is 9.22. The van der Waals surface area contributed by atoms with Crippen molar-refractivity contribution in [2.24, 2.45) is 5.92 Å². The minimum absolute atomic E-state index is 0.119. The van der Waals surface area contributed by atoms with Crippen molar-refractivity contribution in [1.82, 2.24) is 10.2 Å². The molecule has 3 unspecified atom stereocenters. The minimum Gasteiger partial charge on any atom is -0.394 e. The van der Waals surface area contributed by atoms with Crippen molar-refractivity contribution in [3.63, 3.8) is 0 Å². The summed E-state index contributed by atoms with van der Waals surface area (Å²) in [5.74, 6) is 0.801. The van der Waals surface area contributed by atoms with Crippen LogP contribution in [-0.4, -0.2) is 47.3 Å². The second kappa shape index (κ2) is 5.25. The third kappa shape index (κ3) is 3.67. The highest BCUT2D eigenvalue weighted by molar-refractivity contribution is 4.95. The molecule has 2 fully saturated rings. The van der Waals surface area contributed by atoms with Gasteiger partial charge in [-0.05, 0) is 45.4 Å². The molecular formula is C14H28N2O. The van der Waals surface area contributed by atoms with Crippen molar-refractivity contribution in [2.45, 2.75) is 64.1 Å². The lowest BCUT2D eigenvalue weighted by Crippen LogP contribution is -2.57. The molecule has 2 N–H and O–H groups in total. The molecule has 0 aromatic rings. The molecule has 3 heteroatoms. The van der Waals surface area contributed by atoms with E-state index in [4.69, 9.17) is 0 Å². The summed E-state index contributed by atoms with van der Waals surface area (Å²) in [5.41, 5.74) is -0.119. The largest absolute Gasteiger partial charge is 0.394 e. The molecule has 1 saturated carbocycles. The molecule has 0 amide bonds. The number of rotatable bonds is 5. The van der Waals surface area contributed by atoms with Gasteiger partial charge in [-0.25, -0.2) is 0 Å². The molecule has 1 aliphatic carbocycles. The predicted molar refractivity (Wildman–Crippen MR) is 71.1 cm³/mol. The van der Waals surface area contributed by atoms with Gasteiger partial charge in [-0.15, -0.1) is 0 Å². The number of nitrogens with zero attached hydrogens (tertiary/aromatic N) is 1. The Morgan fingerprint density at radius 1 is 1.24 bits per heavy atom. The molecule has 100 valence electrons. The number of piperidine rings is 1. The van der Waals surface area contributed by atoms with E-state index in [1.807, 2.05) is 0 Å². The van der Waals surface area contributed by atoms with Crippen LogP contribution in [0.15, 0.2) is 0 Å². The third-order valence-electron chi connectivity index (χ3n) is 4.28. The molecule has 0 spiro atoms. The molecule has 0 radical (unpaired) electrons. The first-order chi connectivity index (χ1) is 8.02. The Morgan fingerprint density at radius 2 is 1.94 bits per heavy atom. The Hall–Kier alpha value is -0.120. The van der Waals surface area contributed by atoms with Gasteiger partial charge < -0.3 is 10.4 Å². The van der Waals surface area contributed by atoms with Gasteiger partial charge in [0.25, 0.3) is 0 Å². The van der Waals surface area contributed by atoms with Gasteiger partial charge in [0.05, 0.1) is 12.1 Å². The van der Waals surface area contributed by atoms with Crippen LogP contribution in [0.4, 0.5) is 0 Å². The summed E-state index contributed by atoms with van der Waals surface area (Å²) in [4.78, 5) is 2.56. The molecule has 1 aliphatic heterocycles. The zero-order valence-electron chi connectivity index (χ0n) is 11.6. The molecule has 0 aromatic carbocycles. The number of hydrogen-bond acceptors (Lipinski definition) is 3. The number of aliphatic hydroxyl groups excluding tert-OH is 1. The number of aliphatic hydroxyl groups is 1. The Kier molecular flexibility index (Phi) is 4.11. The Labute approximate surface area is 106 Å². The molecule has 2 aliphatic rings. The molecule has 2 rings (SSSR count). The van der Waals surface area contributed by atoms with Crippen LogP contribution in [-0.2, 0) is 0 Å². The maximum absolute atomic E-state index is 9.66. The van der Waals surface area contributed by atoms with Crippen LogP contribution in [0.5, 0.6) is 0 Å². The third-order valence-corrected chi connectivity index (χ3v) is 4.28. The van der Waals surface area contributed by atoms with Gasteiger partial charge in [-0.2, -0.15) is 0 Å². The lowest BCUT2D eigenvalue weighted by molar-refractivity contribution is 0.0624. The van der Waals surface area contributed by atoms with E-state index < -0.39 is 0 Å². The van der Waals surface area contributed by atoms with Crippen LogP contribution in [0.1, 0.15) is 46.5 Å². The second-order valence-corrected chi connectivity index (χ2v) is 6.60. The average molecular weight is 240 g/mol. The van der Waals surface area contributed by atoms with E-state index >= 15 is 0 Å². The number of likely N-dealkylation sites (tertiary alicyclic amines) is 1. The van der Waals surface area contributed by atoms with Crippen molar-refractivity contribution >= 4 is 0 Å². The summed E-state index contributed by atoms with van der Waals surface area (Å²) < 4.78 is 0. The molecule has 3 nitrogen and oxygen atoms in total. The zero-order valence-corrected chi connectivity index (χ0v) is 11.6. The number of hydrogen-bond donors (Lipinski definition) is 2. The summed E-state index contributed by atoms with van der Waals surface area (Å²) in [6.07, 6.45) is 5.21. The Morgan fingerprint density at radius 3 is 2.53 bits per heavy atom. The first-order valence-corrected chi connectivity index (χ1v) is 7.15. The van der Waals surface area contributed by atoms with Gasteiger partial charge >= 0.3 is 0 Å². The van der Waals surface area contributed by atoms with Crippen molar-refractivity contribution in [2.75, 3.05) is 19.7 Å². The van der Waals surface area contributed by atoms with E-state index in [0.717, 1.165) is 12.5 Å². The fraction of sp³-hybridized carbons (Fsp3) is 1.00. The average Bonchev–Trinajstić information content (AvgIpc) is 3.07. The van der Waals surface area contributed by atoms with Gasteiger partial charge in [0.15, 0.2) is 0 Å². The summed E-state index contributed by atoms with van der Waals surface area (Å²) in [7, 11) is 0. The van der Waals surface area contributed by atoms with Crippen LogP contribution in [0.3, 0.4) is 0 Å². The molecule has 0 aromatic heterocycles. The minimum atomic E-state index is -0.119. The quantitative estimate of drug-likeness (QED) is 0.766. The monoisotopic (exact) mass is 240 g/mol. The molecule has 17 heavy (non-hydrogen) atoms. The van der Waals surface area contributed by atoms with Gasteiger partial charge in [-0.1, -0.05) is 6.92 Å². The summed E-state index contributed by atoms with van der Waals surface area (Å²) >= 11 is 0. The van der Waals surface area contributed by atoms with E-state index in [2.05, 4.69) is 31.0 Å². The normalized spacial score (nSPS) is 34.6. The van der Waals surface area contributed by atoms with E-state index in [-0.39, 0.29) is 12.1 Å². The highest BCUT2D eigenvalue weighted by Gasteiger charge is 2.35. The highest BCUT2D eigenvalue weighted by atomic mass is 16.3. The summed E-state index contributed by atoms with van der Waals surface area (Å²) in [5, 5.41) is 13.3. The van der Waals surface area contributed by atoms with E-state index in [0.29, 0.717) is 12.1 Å². The first-order valence-electron chi connectivity index (χ1n) is 7.15. The van der Waals surface area contributed by atoms with Crippen LogP contribution >= 0.6 is 0 Å². The lowest BCUT2D eigenvalue weighted by Gasteiger charge is -2.42. The molecular weight excluding hydrogens is 212 g/mol. The molecule has 0 bridgehead atoms. The SMILES string of the molecule is CC1CCC(C)N(CC(C)(CO)NC2CC2)C1. The van der Waals surface area contributed by atoms with Crippen molar-refractivity contribution in [3.8, 4) is 0 Å². The summed E-state index contributed by atoms with van der Waals surface area (Å²) in [6, 6.07) is 1.32. The van der Waals surface area contributed by atoms with Gasteiger partial charge in [0.2, 0.25) is 0 Å². The predicted octanol–water partition coefficient (Wildman–Crippen LogP) is 1.61. The van der Waals surface area contributed by atoms with E-state index in [1.165, 1.54) is 32.2 Å². The van der Waals surface area contributed by atoms with Crippen molar-refractivity contribution in [1.29, 1.82) is 0 Å². The Bertz CT molecular complexity index is 255. The fourth-order valence-electron chi connectivity index (χ4n) is 2.91. The maximum Gasteiger partial charge on any atom is 0.0623 e. The second-order valence-electron chi connectivity index (χ2n) is 6.60. The van der Waals surface area contributed by atoms with Crippen LogP contribution in [0, 0.1) is 5.92 Å². The van der Waals surface area contributed by atoms with Gasteiger partial charge in [0.1, 0.15) is 0 Å². The fourth-order valence-corrected chi connectivity index (χ4v) is 2.91. The molecule has 1 saturated heterocycles. The maximum atomic E-state index is 9.66. The van der Waals surface area contributed by atoms with Crippen LogP contribution in [0.25, 0.3) is 0 Å². The van der Waals surface area contributed by atoms with Crippen molar-refractivity contribution in [3.05, 3.63) is 0 Å². The van der Waals surface area contributed by atoms with E-state index in [1.54, 1.807) is 0 Å². The molecule has 1 heterocycles. The first kappa shape index (κ1) is 13.3. The lowest BCUT2D eigenvalue weighted by atomic mass is 9.92. The number of nitrogens with one attached hydrogen (secondary N) is 1. The Balaban J connectivity index is 1.91. The standard InChI is InChI=1S/C14H28N2O/c1-11-4-5-12(2)16(8-11)9-14(3,10-17)15-13-6-7-13/h11-13,15,17H,4-10H2,1-3H3. The smallest absolute Gasteiger partial charge is 0.0623 e. The van der Waals surface area contributed by atoms with E-state index in [9.17, 15) is 5.11 Å². The molecule has 3 atom stereocenters. The van der Waals surface area contributed by atoms with Crippen LogP contribution in [0.2, 0.25) is 0 Å². The van der Waals surface area contributed by atoms with Crippen molar-refractivity contribution < 1.29 is 5.11 Å². The highest BCUT2D eigenvalue weighted by Crippen LogP contribution is 2.26. The van der Waals surface area contributed by atoms with Gasteiger partial charge in [0, 0.05) is 25.2 Å². The van der Waals surface area contributed by atoms with Gasteiger partial charge in [-0.3, -0.25) is 4.90 Å². The zero-order chi connectivity index (χ0) is 12.5. The van der Waals surface area contributed by atoms with Crippen LogP contribution < -0.4 is 5.32 Å².